The van der Waals surface area contributed by atoms with Gasteiger partial charge in [-0.2, -0.15) is 0 Å². The van der Waals surface area contributed by atoms with Crippen LogP contribution in [0.4, 0.5) is 0 Å². The zero-order chi connectivity index (χ0) is 17.4. The van der Waals surface area contributed by atoms with Crippen molar-refractivity contribution in [2.24, 2.45) is 4.99 Å². The number of likely N-dealkylation sites (tertiary alicyclic amines) is 1. The van der Waals surface area contributed by atoms with Crippen molar-refractivity contribution >= 4 is 29.9 Å². The van der Waals surface area contributed by atoms with E-state index in [9.17, 15) is 0 Å². The van der Waals surface area contributed by atoms with Crippen LogP contribution in [0, 0.1) is 6.92 Å². The van der Waals surface area contributed by atoms with Crippen LogP contribution in [0.5, 0.6) is 5.75 Å². The number of benzene rings is 1. The first-order valence-electron chi connectivity index (χ1n) is 9.00. The number of nitrogens with zero attached hydrogens (tertiary/aromatic N) is 2. The molecule has 0 spiro atoms. The Kier molecular flexibility index (Phi) is 10.2. The third-order valence-corrected chi connectivity index (χ3v) is 4.81. The summed E-state index contributed by atoms with van der Waals surface area (Å²) >= 11 is 0. The Labute approximate surface area is 169 Å². The van der Waals surface area contributed by atoms with Crippen molar-refractivity contribution in [3.63, 3.8) is 0 Å². The van der Waals surface area contributed by atoms with Gasteiger partial charge in [-0.15, -0.1) is 24.0 Å². The molecule has 1 aliphatic heterocycles. The maximum absolute atomic E-state index is 5.39. The predicted molar refractivity (Wildman–Crippen MR) is 116 cm³/mol. The van der Waals surface area contributed by atoms with E-state index in [2.05, 4.69) is 52.6 Å². The quantitative estimate of drug-likeness (QED) is 0.373. The minimum Gasteiger partial charge on any atom is -0.496 e. The largest absolute Gasteiger partial charge is 0.496 e. The number of hydrogen-bond acceptors (Lipinski definition) is 3. The van der Waals surface area contributed by atoms with Crippen LogP contribution in [0.25, 0.3) is 0 Å². The summed E-state index contributed by atoms with van der Waals surface area (Å²) in [5.74, 6) is 1.84. The minimum atomic E-state index is 0. The molecule has 1 unspecified atom stereocenters. The SMILES string of the molecule is CCN1CCCC1CNC(=NC)NCCc1ccc(C)c(OC)c1.I. The van der Waals surface area contributed by atoms with Crippen LogP contribution in [0.1, 0.15) is 30.9 Å². The second-order valence-electron chi connectivity index (χ2n) is 6.36. The lowest BCUT2D eigenvalue weighted by molar-refractivity contribution is 0.267. The Hall–Kier alpha value is -1.02. The van der Waals surface area contributed by atoms with E-state index in [1.807, 2.05) is 7.05 Å². The van der Waals surface area contributed by atoms with Crippen LogP contribution < -0.4 is 15.4 Å². The van der Waals surface area contributed by atoms with Crippen molar-refractivity contribution in [3.8, 4) is 5.75 Å². The van der Waals surface area contributed by atoms with Crippen LogP contribution in [-0.2, 0) is 6.42 Å². The number of guanidine groups is 1. The number of halogens is 1. The molecule has 0 aliphatic carbocycles. The molecule has 0 saturated carbocycles. The van der Waals surface area contributed by atoms with Crippen molar-refractivity contribution in [2.75, 3.05) is 40.3 Å². The average Bonchev–Trinajstić information content (AvgIpc) is 3.06. The number of ether oxygens (including phenoxy) is 1. The van der Waals surface area contributed by atoms with Crippen LogP contribution in [0.3, 0.4) is 0 Å². The van der Waals surface area contributed by atoms with Crippen molar-refractivity contribution in [1.29, 1.82) is 0 Å². The van der Waals surface area contributed by atoms with E-state index >= 15 is 0 Å². The lowest BCUT2D eigenvalue weighted by atomic mass is 10.1. The summed E-state index contributed by atoms with van der Waals surface area (Å²) in [6, 6.07) is 7.02. The number of methoxy groups -OCH3 is 1. The summed E-state index contributed by atoms with van der Waals surface area (Å²) in [5.41, 5.74) is 2.44. The molecule has 1 aromatic rings. The smallest absolute Gasteiger partial charge is 0.191 e. The van der Waals surface area contributed by atoms with Gasteiger partial charge in [-0.3, -0.25) is 9.89 Å². The second-order valence-corrected chi connectivity index (χ2v) is 6.36. The molecule has 1 atom stereocenters. The molecular formula is C19H33IN4O. The molecule has 1 aromatic carbocycles. The molecule has 0 radical (unpaired) electrons. The zero-order valence-electron chi connectivity index (χ0n) is 16.0. The van der Waals surface area contributed by atoms with Gasteiger partial charge in [-0.1, -0.05) is 19.1 Å². The Morgan fingerprint density at radius 2 is 2.16 bits per heavy atom. The van der Waals surface area contributed by atoms with Crippen LogP contribution >= 0.6 is 24.0 Å². The van der Waals surface area contributed by atoms with Gasteiger partial charge in [0.15, 0.2) is 5.96 Å². The monoisotopic (exact) mass is 460 g/mol. The molecule has 1 saturated heterocycles. The third-order valence-electron chi connectivity index (χ3n) is 4.81. The highest BCUT2D eigenvalue weighted by molar-refractivity contribution is 14.0. The molecule has 2 rings (SSSR count). The van der Waals surface area contributed by atoms with Gasteiger partial charge >= 0.3 is 0 Å². The number of nitrogens with one attached hydrogen (secondary N) is 2. The maximum Gasteiger partial charge on any atom is 0.191 e. The first-order chi connectivity index (χ1) is 11.7. The second kappa shape index (κ2) is 11.6. The molecule has 5 nitrogen and oxygen atoms in total. The highest BCUT2D eigenvalue weighted by Gasteiger charge is 2.22. The summed E-state index contributed by atoms with van der Waals surface area (Å²) in [4.78, 5) is 6.87. The summed E-state index contributed by atoms with van der Waals surface area (Å²) in [7, 11) is 3.55. The number of hydrogen-bond donors (Lipinski definition) is 2. The van der Waals surface area contributed by atoms with Crippen molar-refractivity contribution in [3.05, 3.63) is 29.3 Å². The molecule has 0 bridgehead atoms. The van der Waals surface area contributed by atoms with Crippen LogP contribution in [0.15, 0.2) is 23.2 Å². The van der Waals surface area contributed by atoms with Gasteiger partial charge in [-0.25, -0.2) is 0 Å². The number of rotatable bonds is 7. The van der Waals surface area contributed by atoms with Gasteiger partial charge < -0.3 is 15.4 Å². The summed E-state index contributed by atoms with van der Waals surface area (Å²) < 4.78 is 5.39. The van der Waals surface area contributed by atoms with Crippen LogP contribution in [-0.4, -0.2) is 57.2 Å². The first kappa shape index (κ1) is 22.0. The fourth-order valence-corrected chi connectivity index (χ4v) is 3.32. The van der Waals surface area contributed by atoms with E-state index in [1.54, 1.807) is 7.11 Å². The number of likely N-dealkylation sites (N-methyl/N-ethyl adjacent to an activating group) is 1. The van der Waals surface area contributed by atoms with E-state index in [1.165, 1.54) is 30.5 Å². The molecule has 142 valence electrons. The van der Waals surface area contributed by atoms with E-state index < -0.39 is 0 Å². The molecule has 6 heteroatoms. The van der Waals surface area contributed by atoms with Gasteiger partial charge in [0.25, 0.3) is 0 Å². The predicted octanol–water partition coefficient (Wildman–Crippen LogP) is 2.81. The Balaban J connectivity index is 0.00000312. The maximum atomic E-state index is 5.39. The molecule has 1 heterocycles. The molecular weight excluding hydrogens is 427 g/mol. The van der Waals surface area contributed by atoms with E-state index in [-0.39, 0.29) is 24.0 Å². The standard InChI is InChI=1S/C19H32N4O.HI/c1-5-23-12-6-7-17(23)14-22-19(20-3)21-11-10-16-9-8-15(2)18(13-16)24-4;/h8-9,13,17H,5-7,10-12,14H2,1-4H3,(H2,20,21,22);1H. The van der Waals surface area contributed by atoms with E-state index in [0.717, 1.165) is 37.8 Å². The van der Waals surface area contributed by atoms with Gasteiger partial charge in [-0.05, 0) is 56.5 Å². The highest BCUT2D eigenvalue weighted by Crippen LogP contribution is 2.19. The molecule has 25 heavy (non-hydrogen) atoms. The Bertz CT molecular complexity index is 550. The highest BCUT2D eigenvalue weighted by atomic mass is 127. The van der Waals surface area contributed by atoms with Crippen molar-refractivity contribution in [2.45, 2.75) is 39.2 Å². The lowest BCUT2D eigenvalue weighted by Crippen LogP contribution is -2.45. The zero-order valence-corrected chi connectivity index (χ0v) is 18.3. The average molecular weight is 460 g/mol. The first-order valence-corrected chi connectivity index (χ1v) is 9.00. The minimum absolute atomic E-state index is 0. The molecule has 0 aromatic heterocycles. The summed E-state index contributed by atoms with van der Waals surface area (Å²) in [5, 5.41) is 6.87. The fourth-order valence-electron chi connectivity index (χ4n) is 3.32. The Morgan fingerprint density at radius 3 is 2.84 bits per heavy atom. The normalized spacial score (nSPS) is 17.9. The molecule has 1 fully saturated rings. The third kappa shape index (κ3) is 6.66. The van der Waals surface area contributed by atoms with Gasteiger partial charge in [0.05, 0.1) is 7.11 Å². The molecule has 0 amide bonds. The topological polar surface area (TPSA) is 48.9 Å². The van der Waals surface area contributed by atoms with Crippen LogP contribution in [0.2, 0.25) is 0 Å². The summed E-state index contributed by atoms with van der Waals surface area (Å²) in [6.07, 6.45) is 3.53. The number of aryl methyl sites for hydroxylation is 1. The lowest BCUT2D eigenvalue weighted by Gasteiger charge is -2.24. The van der Waals surface area contributed by atoms with E-state index in [0.29, 0.717) is 6.04 Å². The van der Waals surface area contributed by atoms with Crippen molar-refractivity contribution in [1.82, 2.24) is 15.5 Å². The fraction of sp³-hybridized carbons (Fsp3) is 0.632. The van der Waals surface area contributed by atoms with Gasteiger partial charge in [0.1, 0.15) is 5.75 Å². The number of aliphatic imine (C=N–C) groups is 1. The van der Waals surface area contributed by atoms with E-state index in [4.69, 9.17) is 4.74 Å². The van der Waals surface area contributed by atoms with Crippen molar-refractivity contribution < 1.29 is 4.74 Å². The van der Waals surface area contributed by atoms with Gasteiger partial charge in [0.2, 0.25) is 0 Å². The van der Waals surface area contributed by atoms with Gasteiger partial charge in [0, 0.05) is 26.2 Å². The summed E-state index contributed by atoms with van der Waals surface area (Å²) in [6.45, 7) is 8.48. The molecule has 2 N–H and O–H groups in total. The molecule has 1 aliphatic rings. The Morgan fingerprint density at radius 1 is 1.36 bits per heavy atom.